The second-order valence-corrected chi connectivity index (χ2v) is 4.50. The topological polar surface area (TPSA) is 38.8 Å². The van der Waals surface area contributed by atoms with Gasteiger partial charge in [0.05, 0.1) is 19.3 Å². The van der Waals surface area contributed by atoms with E-state index in [4.69, 9.17) is 9.47 Å². The molecule has 98 valence electrons. The van der Waals surface area contributed by atoms with Gasteiger partial charge in [0.15, 0.2) is 0 Å². The standard InChI is InChI=1S/C14H19NO3/c1-12-9-15(7-8-18-12)14(16)11-17-10-13-5-3-2-4-6-13/h2-6,12H,7-11H2,1H3. The Kier molecular flexibility index (Phi) is 4.73. The SMILES string of the molecule is CC1CN(C(=O)COCc2ccccc2)CCO1. The minimum absolute atomic E-state index is 0.0427. The molecule has 0 bridgehead atoms. The number of nitrogens with zero attached hydrogens (tertiary/aromatic N) is 1. The highest BCUT2D eigenvalue weighted by Gasteiger charge is 2.20. The third-order valence-corrected chi connectivity index (χ3v) is 2.93. The van der Waals surface area contributed by atoms with E-state index < -0.39 is 0 Å². The molecule has 2 rings (SSSR count). The van der Waals surface area contributed by atoms with Crippen molar-refractivity contribution < 1.29 is 14.3 Å². The van der Waals surface area contributed by atoms with Crippen LogP contribution < -0.4 is 0 Å². The first-order valence-electron chi connectivity index (χ1n) is 6.27. The highest BCUT2D eigenvalue weighted by Crippen LogP contribution is 2.06. The summed E-state index contributed by atoms with van der Waals surface area (Å²) in [5, 5.41) is 0. The molecule has 1 aromatic carbocycles. The van der Waals surface area contributed by atoms with Crippen molar-refractivity contribution in [2.24, 2.45) is 0 Å². The molecule has 18 heavy (non-hydrogen) atoms. The van der Waals surface area contributed by atoms with E-state index in [0.29, 0.717) is 26.3 Å². The number of hydrogen-bond acceptors (Lipinski definition) is 3. The maximum absolute atomic E-state index is 11.9. The number of rotatable bonds is 4. The molecule has 0 radical (unpaired) electrons. The van der Waals surface area contributed by atoms with Crippen LogP contribution in [0.3, 0.4) is 0 Å². The van der Waals surface area contributed by atoms with Gasteiger partial charge in [-0.05, 0) is 12.5 Å². The summed E-state index contributed by atoms with van der Waals surface area (Å²) in [6.45, 7) is 4.54. The van der Waals surface area contributed by atoms with Crippen molar-refractivity contribution in [3.05, 3.63) is 35.9 Å². The molecular weight excluding hydrogens is 230 g/mol. The van der Waals surface area contributed by atoms with E-state index in [1.54, 1.807) is 4.90 Å². The van der Waals surface area contributed by atoms with Crippen molar-refractivity contribution in [1.29, 1.82) is 0 Å². The lowest BCUT2D eigenvalue weighted by molar-refractivity contribution is -0.143. The van der Waals surface area contributed by atoms with Crippen LogP contribution in [0.4, 0.5) is 0 Å². The number of morpholine rings is 1. The largest absolute Gasteiger partial charge is 0.375 e. The quantitative estimate of drug-likeness (QED) is 0.810. The number of ether oxygens (including phenoxy) is 2. The van der Waals surface area contributed by atoms with Crippen LogP contribution in [0.5, 0.6) is 0 Å². The zero-order valence-electron chi connectivity index (χ0n) is 10.7. The summed E-state index contributed by atoms with van der Waals surface area (Å²) in [4.78, 5) is 13.7. The fraction of sp³-hybridized carbons (Fsp3) is 0.500. The van der Waals surface area contributed by atoms with Gasteiger partial charge in [0.1, 0.15) is 6.61 Å². The average Bonchev–Trinajstić information content (AvgIpc) is 2.40. The molecule has 1 aliphatic heterocycles. The van der Waals surface area contributed by atoms with Gasteiger partial charge < -0.3 is 14.4 Å². The van der Waals surface area contributed by atoms with Gasteiger partial charge >= 0.3 is 0 Å². The number of carbonyl (C=O) groups is 1. The van der Waals surface area contributed by atoms with Crippen molar-refractivity contribution in [2.45, 2.75) is 19.6 Å². The smallest absolute Gasteiger partial charge is 0.248 e. The molecule has 1 heterocycles. The predicted octanol–water partition coefficient (Wildman–Crippen LogP) is 1.45. The fourth-order valence-corrected chi connectivity index (χ4v) is 1.97. The molecule has 0 saturated carbocycles. The zero-order valence-corrected chi connectivity index (χ0v) is 10.7. The van der Waals surface area contributed by atoms with Gasteiger partial charge in [0.2, 0.25) is 5.91 Å². The fourth-order valence-electron chi connectivity index (χ4n) is 1.97. The Balaban J connectivity index is 1.71. The summed E-state index contributed by atoms with van der Waals surface area (Å²) in [6.07, 6.45) is 0.122. The molecule has 1 atom stereocenters. The van der Waals surface area contributed by atoms with E-state index in [-0.39, 0.29) is 18.6 Å². The molecule has 0 aliphatic carbocycles. The summed E-state index contributed by atoms with van der Waals surface area (Å²) >= 11 is 0. The Hall–Kier alpha value is -1.39. The highest BCUT2D eigenvalue weighted by atomic mass is 16.5. The van der Waals surface area contributed by atoms with Crippen LogP contribution in [0, 0.1) is 0 Å². The van der Waals surface area contributed by atoms with Crippen molar-refractivity contribution in [1.82, 2.24) is 4.90 Å². The molecule has 0 N–H and O–H groups in total. The first kappa shape index (κ1) is 13.1. The van der Waals surface area contributed by atoms with Crippen LogP contribution in [-0.2, 0) is 20.9 Å². The number of amides is 1. The molecule has 1 aliphatic rings. The van der Waals surface area contributed by atoms with Crippen molar-refractivity contribution in [2.75, 3.05) is 26.3 Å². The Bertz CT molecular complexity index is 380. The van der Waals surface area contributed by atoms with E-state index >= 15 is 0 Å². The van der Waals surface area contributed by atoms with Gasteiger partial charge in [0, 0.05) is 13.1 Å². The Morgan fingerprint density at radius 1 is 1.44 bits per heavy atom. The second-order valence-electron chi connectivity index (χ2n) is 4.50. The molecule has 4 heteroatoms. The van der Waals surface area contributed by atoms with Crippen molar-refractivity contribution in [3.63, 3.8) is 0 Å². The average molecular weight is 249 g/mol. The van der Waals surface area contributed by atoms with Crippen LogP contribution in [0.25, 0.3) is 0 Å². The zero-order chi connectivity index (χ0) is 12.8. The maximum atomic E-state index is 11.9. The Labute approximate surface area is 107 Å². The summed E-state index contributed by atoms with van der Waals surface area (Å²) in [5.74, 6) is 0.0427. The molecule has 0 aromatic heterocycles. The Morgan fingerprint density at radius 2 is 2.22 bits per heavy atom. The lowest BCUT2D eigenvalue weighted by Gasteiger charge is -2.31. The van der Waals surface area contributed by atoms with E-state index in [1.807, 2.05) is 37.3 Å². The van der Waals surface area contributed by atoms with Crippen LogP contribution in [0.2, 0.25) is 0 Å². The predicted molar refractivity (Wildman–Crippen MR) is 68.1 cm³/mol. The normalized spacial score (nSPS) is 19.8. The van der Waals surface area contributed by atoms with Gasteiger partial charge in [0.25, 0.3) is 0 Å². The lowest BCUT2D eigenvalue weighted by atomic mass is 10.2. The number of hydrogen-bond donors (Lipinski definition) is 0. The minimum Gasteiger partial charge on any atom is -0.375 e. The van der Waals surface area contributed by atoms with Gasteiger partial charge in [-0.1, -0.05) is 30.3 Å². The van der Waals surface area contributed by atoms with Gasteiger partial charge in [-0.15, -0.1) is 0 Å². The Morgan fingerprint density at radius 3 is 2.94 bits per heavy atom. The monoisotopic (exact) mass is 249 g/mol. The van der Waals surface area contributed by atoms with E-state index in [0.717, 1.165) is 5.56 Å². The van der Waals surface area contributed by atoms with Gasteiger partial charge in [-0.2, -0.15) is 0 Å². The summed E-state index contributed by atoms with van der Waals surface area (Å²) in [7, 11) is 0. The molecule has 1 fully saturated rings. The van der Waals surface area contributed by atoms with Crippen LogP contribution >= 0.6 is 0 Å². The molecule has 1 aromatic rings. The van der Waals surface area contributed by atoms with E-state index in [2.05, 4.69) is 0 Å². The molecule has 4 nitrogen and oxygen atoms in total. The van der Waals surface area contributed by atoms with Gasteiger partial charge in [-0.25, -0.2) is 0 Å². The second kappa shape index (κ2) is 6.52. The molecule has 1 saturated heterocycles. The van der Waals surface area contributed by atoms with E-state index in [1.165, 1.54) is 0 Å². The third kappa shape index (κ3) is 3.82. The van der Waals surface area contributed by atoms with Crippen LogP contribution in [-0.4, -0.2) is 43.2 Å². The maximum Gasteiger partial charge on any atom is 0.248 e. The molecule has 0 spiro atoms. The van der Waals surface area contributed by atoms with Crippen LogP contribution in [0.1, 0.15) is 12.5 Å². The summed E-state index contributed by atoms with van der Waals surface area (Å²) < 4.78 is 10.8. The number of carbonyl (C=O) groups excluding carboxylic acids is 1. The number of benzene rings is 1. The first-order valence-corrected chi connectivity index (χ1v) is 6.27. The van der Waals surface area contributed by atoms with E-state index in [9.17, 15) is 4.79 Å². The first-order chi connectivity index (χ1) is 8.75. The minimum atomic E-state index is 0.0427. The third-order valence-electron chi connectivity index (χ3n) is 2.93. The lowest BCUT2D eigenvalue weighted by Crippen LogP contribution is -2.45. The van der Waals surface area contributed by atoms with Crippen molar-refractivity contribution in [3.8, 4) is 0 Å². The highest BCUT2D eigenvalue weighted by molar-refractivity contribution is 5.77. The molecule has 1 amide bonds. The van der Waals surface area contributed by atoms with Crippen molar-refractivity contribution >= 4 is 5.91 Å². The summed E-state index contributed by atoms with van der Waals surface area (Å²) in [6, 6.07) is 9.86. The van der Waals surface area contributed by atoms with Crippen LogP contribution in [0.15, 0.2) is 30.3 Å². The van der Waals surface area contributed by atoms with Gasteiger partial charge in [-0.3, -0.25) is 4.79 Å². The molecular formula is C14H19NO3. The summed E-state index contributed by atoms with van der Waals surface area (Å²) in [5.41, 5.74) is 1.08. The molecule has 1 unspecified atom stereocenters.